The minimum absolute atomic E-state index is 0.0203. The molecule has 0 saturated carbocycles. The summed E-state index contributed by atoms with van der Waals surface area (Å²) in [5.41, 5.74) is 5.70. The normalized spacial score (nSPS) is 13.8. The Morgan fingerprint density at radius 1 is 1.25 bits per heavy atom. The summed E-state index contributed by atoms with van der Waals surface area (Å²) in [7, 11) is 0. The van der Waals surface area contributed by atoms with Crippen molar-refractivity contribution in [1.82, 2.24) is 4.90 Å². The van der Waals surface area contributed by atoms with E-state index in [9.17, 15) is 22.0 Å². The van der Waals surface area contributed by atoms with E-state index < -0.39 is 30.4 Å². The fourth-order valence-electron chi connectivity index (χ4n) is 1.89. The third-order valence-corrected chi connectivity index (χ3v) is 2.99. The number of alkyl halides is 3. The molecule has 0 amide bonds. The Hall–Kier alpha value is -1.21. The van der Waals surface area contributed by atoms with E-state index >= 15 is 0 Å². The zero-order chi connectivity index (χ0) is 15.3. The van der Waals surface area contributed by atoms with Gasteiger partial charge in [0.15, 0.2) is 11.6 Å². The molecule has 2 N–H and O–H groups in total. The van der Waals surface area contributed by atoms with Crippen LogP contribution in [0, 0.1) is 11.6 Å². The summed E-state index contributed by atoms with van der Waals surface area (Å²) in [6.07, 6.45) is -4.17. The molecular weight excluding hydrogens is 279 g/mol. The minimum Gasteiger partial charge on any atom is -0.324 e. The maximum absolute atomic E-state index is 13.5. The largest absolute Gasteiger partial charge is 0.401 e. The Labute approximate surface area is 114 Å². The molecule has 1 unspecified atom stereocenters. The van der Waals surface area contributed by atoms with Crippen LogP contribution in [0.3, 0.4) is 0 Å². The van der Waals surface area contributed by atoms with Crippen molar-refractivity contribution in [2.45, 2.75) is 25.6 Å². The highest BCUT2D eigenvalue weighted by Crippen LogP contribution is 2.21. The van der Waals surface area contributed by atoms with Crippen LogP contribution in [0.4, 0.5) is 22.0 Å². The second-order valence-corrected chi connectivity index (χ2v) is 4.52. The van der Waals surface area contributed by atoms with E-state index in [1.165, 1.54) is 12.1 Å². The van der Waals surface area contributed by atoms with E-state index in [2.05, 4.69) is 0 Å². The highest BCUT2D eigenvalue weighted by Gasteiger charge is 2.30. The number of rotatable bonds is 6. The standard InChI is InChI=1S/C13H17F5N2/c1-2-20(8-13(16,17)18)7-6-11(19)9-4-3-5-10(14)12(9)15/h3-5,11H,2,6-8,19H2,1H3. The van der Waals surface area contributed by atoms with E-state index in [-0.39, 0.29) is 25.1 Å². The molecule has 0 spiro atoms. The molecule has 0 bridgehead atoms. The Kier molecular flexibility index (Phi) is 5.88. The Morgan fingerprint density at radius 2 is 1.90 bits per heavy atom. The van der Waals surface area contributed by atoms with Crippen molar-refractivity contribution < 1.29 is 22.0 Å². The van der Waals surface area contributed by atoms with Crippen molar-refractivity contribution in [1.29, 1.82) is 0 Å². The van der Waals surface area contributed by atoms with Crippen LogP contribution >= 0.6 is 0 Å². The van der Waals surface area contributed by atoms with E-state index in [0.717, 1.165) is 11.0 Å². The van der Waals surface area contributed by atoms with Crippen molar-refractivity contribution in [2.75, 3.05) is 19.6 Å². The summed E-state index contributed by atoms with van der Waals surface area (Å²) in [5, 5.41) is 0. The fraction of sp³-hybridized carbons (Fsp3) is 0.538. The highest BCUT2D eigenvalue weighted by atomic mass is 19.4. The second-order valence-electron chi connectivity index (χ2n) is 4.52. The van der Waals surface area contributed by atoms with E-state index in [0.29, 0.717) is 0 Å². The van der Waals surface area contributed by atoms with Gasteiger partial charge in [-0.1, -0.05) is 19.1 Å². The zero-order valence-corrected chi connectivity index (χ0v) is 11.1. The van der Waals surface area contributed by atoms with Gasteiger partial charge in [0.2, 0.25) is 0 Å². The van der Waals surface area contributed by atoms with Crippen molar-refractivity contribution in [3.63, 3.8) is 0 Å². The van der Waals surface area contributed by atoms with E-state index in [1.54, 1.807) is 6.92 Å². The first-order valence-electron chi connectivity index (χ1n) is 6.23. The zero-order valence-electron chi connectivity index (χ0n) is 11.1. The molecule has 0 saturated heterocycles. The average molecular weight is 296 g/mol. The van der Waals surface area contributed by atoms with Crippen molar-refractivity contribution in [3.05, 3.63) is 35.4 Å². The Bertz CT molecular complexity index is 433. The van der Waals surface area contributed by atoms with Crippen LogP contribution in [0.25, 0.3) is 0 Å². The lowest BCUT2D eigenvalue weighted by Gasteiger charge is -2.23. The summed E-state index contributed by atoms with van der Waals surface area (Å²) in [6.45, 7) is 0.826. The van der Waals surface area contributed by atoms with Gasteiger partial charge in [-0.25, -0.2) is 8.78 Å². The molecule has 20 heavy (non-hydrogen) atoms. The summed E-state index contributed by atoms with van der Waals surface area (Å²) in [5.74, 6) is -2.06. The van der Waals surface area contributed by atoms with Crippen LogP contribution in [0.5, 0.6) is 0 Å². The maximum atomic E-state index is 13.5. The molecule has 0 aromatic heterocycles. The SMILES string of the molecule is CCN(CCC(N)c1cccc(F)c1F)CC(F)(F)F. The predicted molar refractivity (Wildman–Crippen MR) is 66.1 cm³/mol. The minimum atomic E-state index is -4.29. The van der Waals surface area contributed by atoms with Gasteiger partial charge in [-0.05, 0) is 19.0 Å². The first-order chi connectivity index (χ1) is 9.24. The molecule has 1 atom stereocenters. The van der Waals surface area contributed by atoms with Crippen LogP contribution in [0.1, 0.15) is 24.9 Å². The molecule has 2 nitrogen and oxygen atoms in total. The molecule has 0 aliphatic heterocycles. The number of nitrogens with two attached hydrogens (primary N) is 1. The summed E-state index contributed by atoms with van der Waals surface area (Å²) in [6, 6.07) is 2.78. The lowest BCUT2D eigenvalue weighted by atomic mass is 10.0. The summed E-state index contributed by atoms with van der Waals surface area (Å²) < 4.78 is 63.3. The second kappa shape index (κ2) is 6.99. The highest BCUT2D eigenvalue weighted by molar-refractivity contribution is 5.22. The molecule has 0 aliphatic carbocycles. The van der Waals surface area contributed by atoms with Gasteiger partial charge in [0.1, 0.15) is 0 Å². The van der Waals surface area contributed by atoms with Crippen molar-refractivity contribution >= 4 is 0 Å². The van der Waals surface area contributed by atoms with Crippen LogP contribution < -0.4 is 5.73 Å². The fourth-order valence-corrected chi connectivity index (χ4v) is 1.89. The van der Waals surface area contributed by atoms with Crippen LogP contribution in [0.2, 0.25) is 0 Å². The van der Waals surface area contributed by atoms with E-state index in [1.807, 2.05) is 0 Å². The predicted octanol–water partition coefficient (Wildman–Crippen LogP) is 3.24. The average Bonchev–Trinajstić information content (AvgIpc) is 2.36. The van der Waals surface area contributed by atoms with Gasteiger partial charge in [-0.2, -0.15) is 13.2 Å². The van der Waals surface area contributed by atoms with Crippen molar-refractivity contribution in [2.24, 2.45) is 5.73 Å². The van der Waals surface area contributed by atoms with Gasteiger partial charge in [-0.3, -0.25) is 4.90 Å². The molecule has 0 heterocycles. The summed E-state index contributed by atoms with van der Waals surface area (Å²) >= 11 is 0. The van der Waals surface area contributed by atoms with Crippen LogP contribution in [-0.2, 0) is 0 Å². The molecule has 1 aromatic carbocycles. The molecule has 0 fully saturated rings. The van der Waals surface area contributed by atoms with Gasteiger partial charge in [-0.15, -0.1) is 0 Å². The van der Waals surface area contributed by atoms with Gasteiger partial charge in [0, 0.05) is 18.2 Å². The summed E-state index contributed by atoms with van der Waals surface area (Å²) in [4.78, 5) is 1.16. The first kappa shape index (κ1) is 16.8. The molecule has 1 rings (SSSR count). The van der Waals surface area contributed by atoms with Gasteiger partial charge in [0.05, 0.1) is 6.54 Å². The number of nitrogens with zero attached hydrogens (tertiary/aromatic N) is 1. The van der Waals surface area contributed by atoms with Gasteiger partial charge in [0.25, 0.3) is 0 Å². The van der Waals surface area contributed by atoms with E-state index in [4.69, 9.17) is 5.73 Å². The first-order valence-corrected chi connectivity index (χ1v) is 6.23. The van der Waals surface area contributed by atoms with Gasteiger partial charge >= 0.3 is 6.18 Å². The molecule has 114 valence electrons. The molecule has 1 aromatic rings. The third-order valence-electron chi connectivity index (χ3n) is 2.99. The monoisotopic (exact) mass is 296 g/mol. The molecular formula is C13H17F5N2. The molecule has 0 aliphatic rings. The van der Waals surface area contributed by atoms with Crippen molar-refractivity contribution in [3.8, 4) is 0 Å². The van der Waals surface area contributed by atoms with Gasteiger partial charge < -0.3 is 5.73 Å². The number of benzene rings is 1. The Balaban J connectivity index is 2.62. The molecule has 7 heteroatoms. The molecule has 0 radical (unpaired) electrons. The third kappa shape index (κ3) is 5.05. The van der Waals surface area contributed by atoms with Crippen LogP contribution in [-0.4, -0.2) is 30.7 Å². The van der Waals surface area contributed by atoms with Crippen LogP contribution in [0.15, 0.2) is 18.2 Å². The maximum Gasteiger partial charge on any atom is 0.401 e. The Morgan fingerprint density at radius 3 is 2.45 bits per heavy atom. The number of hydrogen-bond donors (Lipinski definition) is 1. The smallest absolute Gasteiger partial charge is 0.324 e. The lowest BCUT2D eigenvalue weighted by Crippen LogP contribution is -2.36. The number of halogens is 5. The lowest BCUT2D eigenvalue weighted by molar-refractivity contribution is -0.145. The quantitative estimate of drug-likeness (QED) is 0.817. The number of hydrogen-bond acceptors (Lipinski definition) is 2. The topological polar surface area (TPSA) is 29.3 Å².